The monoisotopic (exact) mass is 323 g/mol. The van der Waals surface area contributed by atoms with Gasteiger partial charge in [0.15, 0.2) is 9.84 Å². The van der Waals surface area contributed by atoms with Gasteiger partial charge in [0.25, 0.3) is 0 Å². The lowest BCUT2D eigenvalue weighted by Crippen LogP contribution is -2.48. The SMILES string of the molecule is CC(=O)N1CCN(c2ccc(S(C)(=O)=O)cc2N=[N+]=[N-])CC1. The first kappa shape index (κ1) is 16.1. The van der Waals surface area contributed by atoms with Crippen LogP contribution in [-0.4, -0.2) is 51.7 Å². The van der Waals surface area contributed by atoms with Gasteiger partial charge >= 0.3 is 0 Å². The minimum Gasteiger partial charge on any atom is -0.368 e. The first-order chi connectivity index (χ1) is 10.3. The predicted octanol–water partition coefficient (Wildman–Crippen LogP) is 1.70. The molecule has 9 heteroatoms. The Kier molecular flexibility index (Phi) is 4.58. The standard InChI is InChI=1S/C13H17N5O3S/c1-10(19)17-5-7-18(8-6-17)13-4-3-11(22(2,20)21)9-12(13)15-16-14/h3-4,9H,5-8H2,1-2H3. The normalized spacial score (nSPS) is 15.4. The highest BCUT2D eigenvalue weighted by molar-refractivity contribution is 7.90. The number of carbonyl (C=O) groups is 1. The number of benzene rings is 1. The van der Waals surface area contributed by atoms with Crippen molar-refractivity contribution in [2.45, 2.75) is 11.8 Å². The van der Waals surface area contributed by atoms with Gasteiger partial charge in [-0.15, -0.1) is 0 Å². The molecule has 0 saturated carbocycles. The van der Waals surface area contributed by atoms with Crippen molar-refractivity contribution in [3.63, 3.8) is 0 Å². The van der Waals surface area contributed by atoms with Crippen LogP contribution in [0.2, 0.25) is 0 Å². The van der Waals surface area contributed by atoms with Gasteiger partial charge in [0.05, 0.1) is 10.6 Å². The van der Waals surface area contributed by atoms with Crippen molar-refractivity contribution in [3.8, 4) is 0 Å². The maximum atomic E-state index is 11.6. The summed E-state index contributed by atoms with van der Waals surface area (Å²) in [6.45, 7) is 3.90. The molecule has 2 rings (SSSR count). The van der Waals surface area contributed by atoms with Crippen molar-refractivity contribution in [2.24, 2.45) is 5.11 Å². The molecule has 0 aromatic heterocycles. The van der Waals surface area contributed by atoms with Crippen LogP contribution in [0.4, 0.5) is 11.4 Å². The second-order valence-corrected chi connectivity index (χ2v) is 7.12. The third kappa shape index (κ3) is 3.49. The summed E-state index contributed by atoms with van der Waals surface area (Å²) in [5, 5.41) is 3.60. The summed E-state index contributed by atoms with van der Waals surface area (Å²) < 4.78 is 23.2. The lowest BCUT2D eigenvalue weighted by Gasteiger charge is -2.36. The second-order valence-electron chi connectivity index (χ2n) is 5.11. The van der Waals surface area contributed by atoms with Gasteiger partial charge in [0.2, 0.25) is 5.91 Å². The molecule has 0 aliphatic carbocycles. The van der Waals surface area contributed by atoms with Gasteiger partial charge < -0.3 is 9.80 Å². The molecular weight excluding hydrogens is 306 g/mol. The van der Waals surface area contributed by atoms with Crippen LogP contribution in [0.5, 0.6) is 0 Å². The first-order valence-corrected chi connectivity index (χ1v) is 8.62. The molecule has 0 radical (unpaired) electrons. The van der Waals surface area contributed by atoms with Crippen LogP contribution >= 0.6 is 0 Å². The third-order valence-electron chi connectivity index (χ3n) is 3.59. The lowest BCUT2D eigenvalue weighted by atomic mass is 10.2. The molecule has 8 nitrogen and oxygen atoms in total. The summed E-state index contributed by atoms with van der Waals surface area (Å²) in [6.07, 6.45) is 1.10. The molecule has 118 valence electrons. The van der Waals surface area contributed by atoms with Gasteiger partial charge in [-0.05, 0) is 23.7 Å². The molecule has 0 unspecified atom stereocenters. The summed E-state index contributed by atoms with van der Waals surface area (Å²) in [7, 11) is -3.37. The predicted molar refractivity (Wildman–Crippen MR) is 82.8 cm³/mol. The lowest BCUT2D eigenvalue weighted by molar-refractivity contribution is -0.129. The molecule has 1 aromatic rings. The number of azide groups is 1. The number of anilines is 1. The Labute approximate surface area is 128 Å². The van der Waals surface area contributed by atoms with Gasteiger partial charge in [0.1, 0.15) is 0 Å². The number of piperazine rings is 1. The Morgan fingerprint density at radius 3 is 2.41 bits per heavy atom. The van der Waals surface area contributed by atoms with Crippen LogP contribution < -0.4 is 4.90 Å². The third-order valence-corrected chi connectivity index (χ3v) is 4.70. The molecule has 1 heterocycles. The maximum Gasteiger partial charge on any atom is 0.219 e. The van der Waals surface area contributed by atoms with E-state index >= 15 is 0 Å². The molecule has 1 aliphatic heterocycles. The molecule has 0 spiro atoms. The Bertz CT molecular complexity index is 732. The molecule has 0 atom stereocenters. The van der Waals surface area contributed by atoms with Crippen LogP contribution in [0.25, 0.3) is 10.4 Å². The Balaban J connectivity index is 2.32. The fourth-order valence-electron chi connectivity index (χ4n) is 2.39. The van der Waals surface area contributed by atoms with E-state index < -0.39 is 9.84 Å². The summed E-state index contributed by atoms with van der Waals surface area (Å²) in [6, 6.07) is 4.52. The highest BCUT2D eigenvalue weighted by Gasteiger charge is 2.21. The van der Waals surface area contributed by atoms with Gasteiger partial charge in [0, 0.05) is 50.0 Å². The van der Waals surface area contributed by atoms with Crippen molar-refractivity contribution < 1.29 is 13.2 Å². The van der Waals surface area contributed by atoms with Crippen molar-refractivity contribution >= 4 is 27.1 Å². The van der Waals surface area contributed by atoms with Gasteiger partial charge in [-0.1, -0.05) is 5.11 Å². The number of amides is 1. The fraction of sp³-hybridized carbons (Fsp3) is 0.462. The zero-order valence-electron chi connectivity index (χ0n) is 12.4. The number of nitrogens with zero attached hydrogens (tertiary/aromatic N) is 5. The zero-order chi connectivity index (χ0) is 16.3. The minimum atomic E-state index is -3.37. The number of hydrogen-bond donors (Lipinski definition) is 0. The van der Waals surface area contributed by atoms with Crippen LogP contribution in [0.15, 0.2) is 28.2 Å². The quantitative estimate of drug-likeness (QED) is 0.479. The van der Waals surface area contributed by atoms with E-state index in [0.717, 1.165) is 6.26 Å². The minimum absolute atomic E-state index is 0.0299. The summed E-state index contributed by atoms with van der Waals surface area (Å²) in [5.74, 6) is 0.0299. The van der Waals surface area contributed by atoms with Crippen molar-refractivity contribution in [1.29, 1.82) is 0 Å². The molecule has 0 bridgehead atoms. The molecule has 22 heavy (non-hydrogen) atoms. The number of sulfone groups is 1. The maximum absolute atomic E-state index is 11.6. The van der Waals surface area contributed by atoms with Crippen molar-refractivity contribution in [2.75, 3.05) is 37.3 Å². The molecule has 1 amide bonds. The number of hydrogen-bond acceptors (Lipinski definition) is 5. The van der Waals surface area contributed by atoms with E-state index in [9.17, 15) is 13.2 Å². The van der Waals surface area contributed by atoms with E-state index in [0.29, 0.717) is 31.9 Å². The highest BCUT2D eigenvalue weighted by atomic mass is 32.2. The van der Waals surface area contributed by atoms with Crippen molar-refractivity contribution in [1.82, 2.24) is 4.90 Å². The van der Waals surface area contributed by atoms with Crippen molar-refractivity contribution in [3.05, 3.63) is 28.6 Å². The van der Waals surface area contributed by atoms with Crippen LogP contribution in [0.3, 0.4) is 0 Å². The molecule has 1 aliphatic rings. The van der Waals surface area contributed by atoms with Crippen LogP contribution in [0, 0.1) is 0 Å². The zero-order valence-corrected chi connectivity index (χ0v) is 13.2. The Hall–Kier alpha value is -2.25. The second kappa shape index (κ2) is 6.25. The topological polar surface area (TPSA) is 106 Å². The molecule has 1 fully saturated rings. The highest BCUT2D eigenvalue weighted by Crippen LogP contribution is 2.32. The van der Waals surface area contributed by atoms with Gasteiger partial charge in [-0.2, -0.15) is 0 Å². The smallest absolute Gasteiger partial charge is 0.219 e. The molecule has 1 aromatic carbocycles. The largest absolute Gasteiger partial charge is 0.368 e. The number of carbonyl (C=O) groups excluding carboxylic acids is 1. The average Bonchev–Trinajstić information content (AvgIpc) is 2.47. The number of rotatable bonds is 3. The fourth-order valence-corrected chi connectivity index (χ4v) is 3.03. The van der Waals surface area contributed by atoms with Crippen LogP contribution in [-0.2, 0) is 14.6 Å². The van der Waals surface area contributed by atoms with E-state index in [-0.39, 0.29) is 16.5 Å². The molecule has 1 saturated heterocycles. The summed E-state index contributed by atoms with van der Waals surface area (Å²) >= 11 is 0. The van der Waals surface area contributed by atoms with Gasteiger partial charge in [-0.3, -0.25) is 4.79 Å². The van der Waals surface area contributed by atoms with E-state index in [1.54, 1.807) is 11.0 Å². The van der Waals surface area contributed by atoms with E-state index in [4.69, 9.17) is 5.53 Å². The van der Waals surface area contributed by atoms with E-state index in [1.807, 2.05) is 4.90 Å². The summed E-state index contributed by atoms with van der Waals surface area (Å²) in [4.78, 5) is 17.9. The summed E-state index contributed by atoms with van der Waals surface area (Å²) in [5.41, 5.74) is 9.64. The van der Waals surface area contributed by atoms with Gasteiger partial charge in [-0.25, -0.2) is 8.42 Å². The Morgan fingerprint density at radius 2 is 1.91 bits per heavy atom. The Morgan fingerprint density at radius 1 is 1.27 bits per heavy atom. The van der Waals surface area contributed by atoms with Crippen LogP contribution in [0.1, 0.15) is 6.92 Å². The van der Waals surface area contributed by atoms with E-state index in [1.165, 1.54) is 19.1 Å². The van der Waals surface area contributed by atoms with E-state index in [2.05, 4.69) is 10.0 Å². The molecular formula is C13H17N5O3S. The average molecular weight is 323 g/mol. The first-order valence-electron chi connectivity index (χ1n) is 6.72. The molecule has 0 N–H and O–H groups in total.